The molecular weight excluding hydrogens is 376 g/mol. The monoisotopic (exact) mass is 390 g/mol. The molecule has 0 bridgehead atoms. The molecule has 4 nitrogen and oxygen atoms in total. The van der Waals surface area contributed by atoms with E-state index in [2.05, 4.69) is 60.0 Å². The minimum absolute atomic E-state index is 0.604. The molecule has 1 N–H and O–H groups in total. The molecule has 0 radical (unpaired) electrons. The van der Waals surface area contributed by atoms with E-state index in [4.69, 9.17) is 11.6 Å². The summed E-state index contributed by atoms with van der Waals surface area (Å²) < 4.78 is 3.03. The zero-order chi connectivity index (χ0) is 16.1. The summed E-state index contributed by atoms with van der Waals surface area (Å²) in [5, 5.41) is 3.86. The quantitative estimate of drug-likeness (QED) is 0.677. The first kappa shape index (κ1) is 16.0. The molecule has 0 saturated heterocycles. The summed E-state index contributed by atoms with van der Waals surface area (Å²) in [7, 11) is 0. The summed E-state index contributed by atoms with van der Waals surface area (Å²) in [5.41, 5.74) is 1.26. The lowest BCUT2D eigenvalue weighted by molar-refractivity contribution is 0.722. The molecule has 1 aromatic carbocycles. The van der Waals surface area contributed by atoms with Crippen molar-refractivity contribution < 1.29 is 0 Å². The molecule has 0 aliphatic carbocycles. The number of imidazole rings is 1. The van der Waals surface area contributed by atoms with E-state index >= 15 is 0 Å². The topological polar surface area (TPSA) is 42.7 Å². The predicted molar refractivity (Wildman–Crippen MR) is 96.9 cm³/mol. The van der Waals surface area contributed by atoms with Crippen molar-refractivity contribution in [1.82, 2.24) is 14.5 Å². The molecule has 0 atom stereocenters. The van der Waals surface area contributed by atoms with Gasteiger partial charge in [0, 0.05) is 42.6 Å². The van der Waals surface area contributed by atoms with Gasteiger partial charge in [0.1, 0.15) is 11.6 Å². The lowest BCUT2D eigenvalue weighted by Gasteiger charge is -2.10. The molecular formula is C17H16BrClN4. The molecule has 2 aromatic heterocycles. The predicted octanol–water partition coefficient (Wildman–Crippen LogP) is 4.40. The Morgan fingerprint density at radius 3 is 2.78 bits per heavy atom. The number of hydrogen-bond donors (Lipinski definition) is 1. The van der Waals surface area contributed by atoms with Gasteiger partial charge in [0.15, 0.2) is 0 Å². The fraction of sp³-hybridized carbons (Fsp3) is 0.176. The van der Waals surface area contributed by atoms with Crippen LogP contribution in [0.25, 0.3) is 0 Å². The van der Waals surface area contributed by atoms with Crippen LogP contribution in [0.2, 0.25) is 5.02 Å². The Kier molecular flexibility index (Phi) is 5.31. The summed E-state index contributed by atoms with van der Waals surface area (Å²) in [6, 6.07) is 12.2. The first-order valence-electron chi connectivity index (χ1n) is 7.31. The maximum absolute atomic E-state index is 6.15. The number of halogens is 2. The normalized spacial score (nSPS) is 10.7. The van der Waals surface area contributed by atoms with Gasteiger partial charge >= 0.3 is 0 Å². The lowest BCUT2D eigenvalue weighted by Crippen LogP contribution is -2.11. The minimum atomic E-state index is 0.604. The van der Waals surface area contributed by atoms with E-state index < -0.39 is 0 Å². The van der Waals surface area contributed by atoms with Gasteiger partial charge in [0.25, 0.3) is 0 Å². The van der Waals surface area contributed by atoms with E-state index in [0.29, 0.717) is 10.8 Å². The number of nitrogens with zero attached hydrogens (tertiary/aromatic N) is 3. The zero-order valence-electron chi connectivity index (χ0n) is 12.4. The largest absolute Gasteiger partial charge is 0.368 e. The average Bonchev–Trinajstić information content (AvgIpc) is 2.98. The second-order valence-corrected chi connectivity index (χ2v) is 6.44. The maximum atomic E-state index is 6.15. The Hall–Kier alpha value is -1.85. The molecule has 0 unspecified atom stereocenters. The number of nitrogens with one attached hydrogen (secondary N) is 1. The van der Waals surface area contributed by atoms with Crippen molar-refractivity contribution in [2.24, 2.45) is 0 Å². The molecule has 3 rings (SSSR count). The average molecular weight is 392 g/mol. The van der Waals surface area contributed by atoms with Gasteiger partial charge in [-0.2, -0.15) is 0 Å². The van der Waals surface area contributed by atoms with E-state index in [0.717, 1.165) is 29.8 Å². The van der Waals surface area contributed by atoms with Crippen LogP contribution < -0.4 is 5.32 Å². The van der Waals surface area contributed by atoms with Gasteiger partial charge in [0.2, 0.25) is 0 Å². The summed E-state index contributed by atoms with van der Waals surface area (Å²) in [6.45, 7) is 1.55. The highest BCUT2D eigenvalue weighted by Crippen LogP contribution is 2.22. The molecule has 3 aromatic rings. The highest BCUT2D eigenvalue weighted by atomic mass is 79.9. The van der Waals surface area contributed by atoms with Crippen LogP contribution in [0, 0.1) is 0 Å². The van der Waals surface area contributed by atoms with Gasteiger partial charge < -0.3 is 9.88 Å². The van der Waals surface area contributed by atoms with Crippen LogP contribution >= 0.6 is 27.5 Å². The maximum Gasteiger partial charge on any atom is 0.144 e. The minimum Gasteiger partial charge on any atom is -0.368 e. The standard InChI is InChI=1S/C17H16BrClN4/c18-14-10-15(19)17(22-11-14)21-7-6-16-20-8-9-23(16)12-13-4-2-1-3-5-13/h1-5,8-11H,6-7,12H2,(H,21,22). The van der Waals surface area contributed by atoms with Crippen molar-refractivity contribution in [2.45, 2.75) is 13.0 Å². The van der Waals surface area contributed by atoms with Crippen LogP contribution in [-0.2, 0) is 13.0 Å². The smallest absolute Gasteiger partial charge is 0.144 e. The van der Waals surface area contributed by atoms with Gasteiger partial charge in [-0.05, 0) is 27.6 Å². The number of rotatable bonds is 6. The molecule has 0 spiro atoms. The third-order valence-electron chi connectivity index (χ3n) is 3.45. The molecule has 0 aliphatic heterocycles. The van der Waals surface area contributed by atoms with Gasteiger partial charge in [-0.25, -0.2) is 9.97 Å². The molecule has 0 amide bonds. The van der Waals surface area contributed by atoms with Crippen LogP contribution in [0.4, 0.5) is 5.82 Å². The Balaban J connectivity index is 1.60. The van der Waals surface area contributed by atoms with Crippen molar-refractivity contribution in [3.63, 3.8) is 0 Å². The molecule has 0 aliphatic rings. The molecule has 118 valence electrons. The first-order chi connectivity index (χ1) is 11.2. The number of benzene rings is 1. The van der Waals surface area contributed by atoms with Crippen molar-refractivity contribution in [3.8, 4) is 0 Å². The number of hydrogen-bond acceptors (Lipinski definition) is 3. The fourth-order valence-electron chi connectivity index (χ4n) is 2.33. The summed E-state index contributed by atoms with van der Waals surface area (Å²) >= 11 is 9.50. The molecule has 6 heteroatoms. The van der Waals surface area contributed by atoms with E-state index in [1.807, 2.05) is 24.5 Å². The number of anilines is 1. The van der Waals surface area contributed by atoms with Crippen LogP contribution in [0.1, 0.15) is 11.4 Å². The Morgan fingerprint density at radius 2 is 2.00 bits per heavy atom. The van der Waals surface area contributed by atoms with Gasteiger partial charge in [-0.1, -0.05) is 41.9 Å². The first-order valence-corrected chi connectivity index (χ1v) is 8.48. The van der Waals surface area contributed by atoms with Crippen molar-refractivity contribution in [2.75, 3.05) is 11.9 Å². The number of aromatic nitrogens is 3. The van der Waals surface area contributed by atoms with Crippen LogP contribution in [0.15, 0.2) is 59.5 Å². The number of pyridine rings is 1. The molecule has 0 fully saturated rings. The molecule has 23 heavy (non-hydrogen) atoms. The van der Waals surface area contributed by atoms with Gasteiger partial charge in [0.05, 0.1) is 5.02 Å². The van der Waals surface area contributed by atoms with E-state index in [9.17, 15) is 0 Å². The SMILES string of the molecule is Clc1cc(Br)cnc1NCCc1nccn1Cc1ccccc1. The Morgan fingerprint density at radius 1 is 1.17 bits per heavy atom. The van der Waals surface area contributed by atoms with Crippen LogP contribution in [-0.4, -0.2) is 21.1 Å². The lowest BCUT2D eigenvalue weighted by atomic mass is 10.2. The summed E-state index contributed by atoms with van der Waals surface area (Å²) in [5.74, 6) is 1.73. The molecule has 2 heterocycles. The van der Waals surface area contributed by atoms with E-state index in [1.165, 1.54) is 5.56 Å². The van der Waals surface area contributed by atoms with E-state index in [1.54, 1.807) is 6.20 Å². The van der Waals surface area contributed by atoms with Crippen molar-refractivity contribution >= 4 is 33.3 Å². The van der Waals surface area contributed by atoms with Crippen LogP contribution in [0.5, 0.6) is 0 Å². The van der Waals surface area contributed by atoms with Gasteiger partial charge in [-0.15, -0.1) is 0 Å². The van der Waals surface area contributed by atoms with Crippen molar-refractivity contribution in [3.05, 3.63) is 75.9 Å². The third-order valence-corrected chi connectivity index (χ3v) is 4.17. The van der Waals surface area contributed by atoms with Gasteiger partial charge in [-0.3, -0.25) is 0 Å². The fourth-order valence-corrected chi connectivity index (χ4v) is 3.03. The Bertz CT molecular complexity index is 773. The summed E-state index contributed by atoms with van der Waals surface area (Å²) in [4.78, 5) is 8.71. The highest BCUT2D eigenvalue weighted by molar-refractivity contribution is 9.10. The Labute approximate surface area is 148 Å². The third kappa shape index (κ3) is 4.33. The molecule has 0 saturated carbocycles. The summed E-state index contributed by atoms with van der Waals surface area (Å²) in [6.07, 6.45) is 6.37. The van der Waals surface area contributed by atoms with Crippen molar-refractivity contribution in [1.29, 1.82) is 0 Å². The van der Waals surface area contributed by atoms with Crippen LogP contribution in [0.3, 0.4) is 0 Å². The zero-order valence-corrected chi connectivity index (χ0v) is 14.8. The highest BCUT2D eigenvalue weighted by Gasteiger charge is 2.06. The second kappa shape index (κ2) is 7.62. The van der Waals surface area contributed by atoms with E-state index in [-0.39, 0.29) is 0 Å². The second-order valence-electron chi connectivity index (χ2n) is 5.12.